The van der Waals surface area contributed by atoms with E-state index in [1.165, 1.54) is 12.8 Å². The third-order valence-corrected chi connectivity index (χ3v) is 4.90. The van der Waals surface area contributed by atoms with Crippen LogP contribution in [0.5, 0.6) is 0 Å². The number of carboxylic acid groups (broad SMARTS) is 1. The fraction of sp³-hybridized carbons (Fsp3) is 0.933. The molecule has 3 nitrogen and oxygen atoms in total. The minimum absolute atomic E-state index is 0.229. The lowest BCUT2D eigenvalue weighted by molar-refractivity contribution is -0.147. The van der Waals surface area contributed by atoms with Crippen molar-refractivity contribution >= 4 is 5.97 Å². The maximum atomic E-state index is 11.4. The molecule has 0 radical (unpaired) electrons. The zero-order valence-corrected chi connectivity index (χ0v) is 12.0. The summed E-state index contributed by atoms with van der Waals surface area (Å²) in [4.78, 5) is 13.7. The summed E-state index contributed by atoms with van der Waals surface area (Å²) in [6.07, 6.45) is 6.68. The molecule has 0 aromatic rings. The quantitative estimate of drug-likeness (QED) is 0.822. The van der Waals surface area contributed by atoms with Crippen molar-refractivity contribution in [2.24, 2.45) is 11.3 Å². The maximum absolute atomic E-state index is 11.4. The Kier molecular flexibility index (Phi) is 4.00. The van der Waals surface area contributed by atoms with Gasteiger partial charge < -0.3 is 5.11 Å². The lowest BCUT2D eigenvalue weighted by Crippen LogP contribution is -2.54. The lowest BCUT2D eigenvalue weighted by atomic mass is 9.69. The summed E-state index contributed by atoms with van der Waals surface area (Å²) in [5, 5.41) is 9.39. The Morgan fingerprint density at radius 3 is 2.61 bits per heavy atom. The molecule has 0 spiro atoms. The zero-order valence-electron chi connectivity index (χ0n) is 12.0. The molecule has 1 heterocycles. The Morgan fingerprint density at radius 2 is 2.00 bits per heavy atom. The van der Waals surface area contributed by atoms with Crippen LogP contribution in [0.2, 0.25) is 0 Å². The Bertz CT molecular complexity index is 314. The first kappa shape index (κ1) is 13.9. The Balaban J connectivity index is 2.07. The largest absolute Gasteiger partial charge is 0.480 e. The molecule has 1 aliphatic carbocycles. The van der Waals surface area contributed by atoms with Gasteiger partial charge in [-0.25, -0.2) is 0 Å². The van der Waals surface area contributed by atoms with Crippen LogP contribution >= 0.6 is 0 Å². The third-order valence-electron chi connectivity index (χ3n) is 4.90. The first-order valence-electron chi connectivity index (χ1n) is 7.39. The van der Waals surface area contributed by atoms with Gasteiger partial charge in [-0.05, 0) is 50.0 Å². The molecule has 3 heteroatoms. The van der Waals surface area contributed by atoms with Crippen LogP contribution in [0.4, 0.5) is 0 Å². The van der Waals surface area contributed by atoms with E-state index in [0.29, 0.717) is 17.4 Å². The number of rotatable bonds is 2. The topological polar surface area (TPSA) is 40.5 Å². The van der Waals surface area contributed by atoms with E-state index in [1.54, 1.807) is 0 Å². The van der Waals surface area contributed by atoms with Crippen molar-refractivity contribution in [1.82, 2.24) is 4.90 Å². The molecule has 1 aliphatic heterocycles. The van der Waals surface area contributed by atoms with Crippen molar-refractivity contribution in [2.75, 3.05) is 6.54 Å². The van der Waals surface area contributed by atoms with E-state index in [9.17, 15) is 9.90 Å². The van der Waals surface area contributed by atoms with Gasteiger partial charge in [-0.2, -0.15) is 0 Å². The molecule has 0 aromatic carbocycles. The van der Waals surface area contributed by atoms with Gasteiger partial charge in [0.15, 0.2) is 0 Å². The van der Waals surface area contributed by atoms with Crippen molar-refractivity contribution in [3.05, 3.63) is 0 Å². The highest BCUT2D eigenvalue weighted by atomic mass is 16.4. The number of carboxylic acids is 1. The highest BCUT2D eigenvalue weighted by molar-refractivity contribution is 5.73. The van der Waals surface area contributed by atoms with Crippen LogP contribution in [0.15, 0.2) is 0 Å². The molecule has 1 saturated heterocycles. The van der Waals surface area contributed by atoms with Gasteiger partial charge in [0.1, 0.15) is 6.04 Å². The summed E-state index contributed by atoms with van der Waals surface area (Å²) in [7, 11) is 0. The summed E-state index contributed by atoms with van der Waals surface area (Å²) in [5.41, 5.74) is 0.435. The molecule has 0 amide bonds. The second kappa shape index (κ2) is 5.20. The molecule has 0 aromatic heterocycles. The van der Waals surface area contributed by atoms with Gasteiger partial charge in [-0.3, -0.25) is 9.69 Å². The Hall–Kier alpha value is -0.570. The zero-order chi connectivity index (χ0) is 13.3. The summed E-state index contributed by atoms with van der Waals surface area (Å²) in [6, 6.07) is 0.256. The van der Waals surface area contributed by atoms with Crippen LogP contribution in [0, 0.1) is 11.3 Å². The van der Waals surface area contributed by atoms with Crippen molar-refractivity contribution in [1.29, 1.82) is 0 Å². The first-order chi connectivity index (χ1) is 8.41. The number of nitrogens with zero attached hydrogens (tertiary/aromatic N) is 1. The van der Waals surface area contributed by atoms with E-state index in [1.807, 2.05) is 0 Å². The van der Waals surface area contributed by atoms with E-state index >= 15 is 0 Å². The van der Waals surface area contributed by atoms with Gasteiger partial charge in [0.05, 0.1) is 0 Å². The van der Waals surface area contributed by atoms with Crippen LogP contribution in [0.1, 0.15) is 59.3 Å². The van der Waals surface area contributed by atoms with Crippen molar-refractivity contribution < 1.29 is 9.90 Å². The van der Waals surface area contributed by atoms with E-state index in [4.69, 9.17) is 0 Å². The van der Waals surface area contributed by atoms with Crippen LogP contribution in [0.3, 0.4) is 0 Å². The molecule has 1 saturated carbocycles. The molecule has 2 fully saturated rings. The summed E-state index contributed by atoms with van der Waals surface area (Å²) in [5.74, 6) is 0.000402. The fourth-order valence-corrected chi connectivity index (χ4v) is 4.04. The summed E-state index contributed by atoms with van der Waals surface area (Å²) >= 11 is 0. The molecule has 2 rings (SSSR count). The fourth-order valence-electron chi connectivity index (χ4n) is 4.04. The first-order valence-corrected chi connectivity index (χ1v) is 7.39. The van der Waals surface area contributed by atoms with Crippen LogP contribution in [0.25, 0.3) is 0 Å². The van der Waals surface area contributed by atoms with E-state index in [-0.39, 0.29) is 6.04 Å². The van der Waals surface area contributed by atoms with Gasteiger partial charge in [0.2, 0.25) is 0 Å². The van der Waals surface area contributed by atoms with Gasteiger partial charge in [0, 0.05) is 6.04 Å². The van der Waals surface area contributed by atoms with Crippen LogP contribution in [-0.4, -0.2) is 34.6 Å². The third kappa shape index (κ3) is 2.87. The van der Waals surface area contributed by atoms with Crippen LogP contribution in [-0.2, 0) is 4.79 Å². The number of piperidine rings is 1. The molecular formula is C15H27NO2. The predicted molar refractivity (Wildman–Crippen MR) is 72.6 cm³/mol. The number of hydrogen-bond acceptors (Lipinski definition) is 2. The number of aliphatic carboxylic acids is 1. The lowest BCUT2D eigenvalue weighted by Gasteiger charge is -2.47. The van der Waals surface area contributed by atoms with E-state index in [2.05, 4.69) is 25.7 Å². The predicted octanol–water partition coefficient (Wildman–Crippen LogP) is 3.14. The van der Waals surface area contributed by atoms with Crippen molar-refractivity contribution in [3.8, 4) is 0 Å². The van der Waals surface area contributed by atoms with Gasteiger partial charge >= 0.3 is 5.97 Å². The maximum Gasteiger partial charge on any atom is 0.320 e. The number of likely N-dealkylation sites (tertiary alicyclic amines) is 1. The molecular weight excluding hydrogens is 226 g/mol. The number of carbonyl (C=O) groups is 1. The normalized spacial score (nSPS) is 37.4. The highest BCUT2D eigenvalue weighted by Gasteiger charge is 2.40. The molecule has 104 valence electrons. The monoisotopic (exact) mass is 253 g/mol. The van der Waals surface area contributed by atoms with Crippen molar-refractivity contribution in [2.45, 2.75) is 71.4 Å². The molecule has 0 bridgehead atoms. The molecule has 3 atom stereocenters. The minimum atomic E-state index is -0.619. The van der Waals surface area contributed by atoms with Gasteiger partial charge in [0.25, 0.3) is 0 Å². The molecule has 2 aliphatic rings. The molecule has 3 unspecified atom stereocenters. The second-order valence-electron chi connectivity index (χ2n) is 7.04. The molecule has 1 N–H and O–H groups in total. The standard InChI is InChI=1S/C15H27NO2/c1-11-10-15(2,3)8-7-12(11)16-9-5-4-6-13(16)14(17)18/h11-13H,4-10H2,1-3H3,(H,17,18). The van der Waals surface area contributed by atoms with Crippen LogP contribution < -0.4 is 0 Å². The smallest absolute Gasteiger partial charge is 0.320 e. The average Bonchev–Trinajstić information content (AvgIpc) is 2.28. The second-order valence-corrected chi connectivity index (χ2v) is 7.04. The van der Waals surface area contributed by atoms with Gasteiger partial charge in [-0.15, -0.1) is 0 Å². The van der Waals surface area contributed by atoms with E-state index < -0.39 is 5.97 Å². The summed E-state index contributed by atoms with van der Waals surface area (Å²) < 4.78 is 0. The minimum Gasteiger partial charge on any atom is -0.480 e. The van der Waals surface area contributed by atoms with Gasteiger partial charge in [-0.1, -0.05) is 27.2 Å². The Morgan fingerprint density at radius 1 is 1.28 bits per heavy atom. The summed E-state index contributed by atoms with van der Waals surface area (Å²) in [6.45, 7) is 7.96. The molecule has 18 heavy (non-hydrogen) atoms. The highest BCUT2D eigenvalue weighted by Crippen LogP contribution is 2.41. The van der Waals surface area contributed by atoms with Crippen molar-refractivity contribution in [3.63, 3.8) is 0 Å². The SMILES string of the molecule is CC1CC(C)(C)CCC1N1CCCCC1C(=O)O. The number of hydrogen-bond donors (Lipinski definition) is 1. The van der Waals surface area contributed by atoms with E-state index in [0.717, 1.165) is 32.2 Å². The average molecular weight is 253 g/mol. The Labute approximate surface area is 111 Å².